The molecule has 1 aliphatic rings. The molecule has 0 spiro atoms. The largest absolute Gasteiger partial charge is 0.380 e. The third-order valence-electron chi connectivity index (χ3n) is 3.34. The average Bonchev–Trinajstić information content (AvgIpc) is 2.64. The molecule has 94 valence electrons. The quantitative estimate of drug-likeness (QED) is 0.784. The highest BCUT2D eigenvalue weighted by Crippen LogP contribution is 2.21. The third-order valence-corrected chi connectivity index (χ3v) is 3.34. The average molecular weight is 228 g/mol. The molecular weight excluding hydrogens is 204 g/mol. The van der Waals surface area contributed by atoms with Gasteiger partial charge in [-0.2, -0.15) is 0 Å². The highest BCUT2D eigenvalue weighted by atomic mass is 16.5. The maximum absolute atomic E-state index is 12.0. The first-order valence-corrected chi connectivity index (χ1v) is 5.90. The highest BCUT2D eigenvalue weighted by Gasteiger charge is 2.29. The molecule has 1 heterocycles. The molecular formula is C12H24N2O2. The first kappa shape index (κ1) is 13.5. The van der Waals surface area contributed by atoms with Gasteiger partial charge in [-0.1, -0.05) is 20.8 Å². The number of rotatable bonds is 3. The fourth-order valence-corrected chi connectivity index (χ4v) is 1.77. The van der Waals surface area contributed by atoms with E-state index in [2.05, 4.69) is 20.8 Å². The molecule has 1 amide bonds. The van der Waals surface area contributed by atoms with Gasteiger partial charge in [0.05, 0.1) is 6.10 Å². The van der Waals surface area contributed by atoms with Crippen LogP contribution in [-0.4, -0.2) is 43.2 Å². The molecule has 4 heteroatoms. The van der Waals surface area contributed by atoms with Crippen LogP contribution in [-0.2, 0) is 9.53 Å². The van der Waals surface area contributed by atoms with Crippen molar-refractivity contribution in [2.75, 3.05) is 20.2 Å². The number of hydrogen-bond donors (Lipinski definition) is 1. The van der Waals surface area contributed by atoms with E-state index in [9.17, 15) is 4.79 Å². The summed E-state index contributed by atoms with van der Waals surface area (Å²) in [4.78, 5) is 13.8. The van der Waals surface area contributed by atoms with E-state index in [0.29, 0.717) is 13.0 Å². The van der Waals surface area contributed by atoms with Gasteiger partial charge in [0.2, 0.25) is 5.91 Å². The van der Waals surface area contributed by atoms with Gasteiger partial charge in [-0.05, 0) is 11.8 Å². The second-order valence-electron chi connectivity index (χ2n) is 5.66. The van der Waals surface area contributed by atoms with Crippen LogP contribution in [0, 0.1) is 5.41 Å². The van der Waals surface area contributed by atoms with E-state index < -0.39 is 0 Å². The summed E-state index contributed by atoms with van der Waals surface area (Å²) in [5, 5.41) is 0. The lowest BCUT2D eigenvalue weighted by molar-refractivity contribution is -0.131. The van der Waals surface area contributed by atoms with E-state index in [1.807, 2.05) is 4.90 Å². The van der Waals surface area contributed by atoms with E-state index >= 15 is 0 Å². The van der Waals surface area contributed by atoms with Crippen molar-refractivity contribution in [3.05, 3.63) is 0 Å². The Bertz CT molecular complexity index is 248. The Hall–Kier alpha value is -0.610. The molecule has 2 atom stereocenters. The number of methoxy groups -OCH3 is 1. The topological polar surface area (TPSA) is 55.6 Å². The Morgan fingerprint density at radius 1 is 1.56 bits per heavy atom. The summed E-state index contributed by atoms with van der Waals surface area (Å²) in [5.41, 5.74) is 5.99. The van der Waals surface area contributed by atoms with Crippen molar-refractivity contribution in [3.8, 4) is 0 Å². The Balaban J connectivity index is 2.42. The van der Waals surface area contributed by atoms with E-state index in [-0.39, 0.29) is 23.5 Å². The number of carbonyl (C=O) groups is 1. The number of carbonyl (C=O) groups excluding carboxylic acids is 1. The minimum absolute atomic E-state index is 0.0178. The molecule has 0 aromatic carbocycles. The van der Waals surface area contributed by atoms with Crippen LogP contribution in [0.2, 0.25) is 0 Å². The second kappa shape index (κ2) is 5.15. The van der Waals surface area contributed by atoms with E-state index in [0.717, 1.165) is 13.0 Å². The number of nitrogens with two attached hydrogens (primary N) is 1. The molecule has 16 heavy (non-hydrogen) atoms. The Morgan fingerprint density at radius 3 is 2.62 bits per heavy atom. The second-order valence-corrected chi connectivity index (χ2v) is 5.66. The van der Waals surface area contributed by atoms with Crippen LogP contribution in [0.25, 0.3) is 0 Å². The zero-order chi connectivity index (χ0) is 12.3. The number of hydrogen-bond acceptors (Lipinski definition) is 3. The maximum Gasteiger partial charge on any atom is 0.224 e. The minimum atomic E-state index is -0.0819. The van der Waals surface area contributed by atoms with Gasteiger partial charge >= 0.3 is 0 Å². The molecule has 1 saturated heterocycles. The van der Waals surface area contributed by atoms with Gasteiger partial charge in [0.25, 0.3) is 0 Å². The fraction of sp³-hybridized carbons (Fsp3) is 0.917. The van der Waals surface area contributed by atoms with Crippen LogP contribution in [0.15, 0.2) is 0 Å². The van der Waals surface area contributed by atoms with Crippen LogP contribution in [0.4, 0.5) is 0 Å². The molecule has 2 unspecified atom stereocenters. The van der Waals surface area contributed by atoms with Crippen molar-refractivity contribution in [2.24, 2.45) is 11.1 Å². The van der Waals surface area contributed by atoms with Crippen LogP contribution in [0.5, 0.6) is 0 Å². The monoisotopic (exact) mass is 228 g/mol. The molecule has 0 aromatic heterocycles. The standard InChI is InChI=1S/C12H24N2O2/c1-12(2,3)10(13)7-11(15)14-6-5-9(8-14)16-4/h9-10H,5-8,13H2,1-4H3. The lowest BCUT2D eigenvalue weighted by Crippen LogP contribution is -2.41. The summed E-state index contributed by atoms with van der Waals surface area (Å²) in [7, 11) is 1.69. The molecule has 1 fully saturated rings. The molecule has 1 aliphatic heterocycles. The lowest BCUT2D eigenvalue weighted by atomic mass is 9.85. The number of nitrogens with zero attached hydrogens (tertiary/aromatic N) is 1. The van der Waals surface area contributed by atoms with Crippen LogP contribution in [0.1, 0.15) is 33.6 Å². The predicted octanol–water partition coefficient (Wildman–Crippen LogP) is 0.997. The number of ether oxygens (including phenoxy) is 1. The highest BCUT2D eigenvalue weighted by molar-refractivity contribution is 5.77. The van der Waals surface area contributed by atoms with Crippen molar-refractivity contribution < 1.29 is 9.53 Å². The number of amides is 1. The molecule has 4 nitrogen and oxygen atoms in total. The first-order chi connectivity index (χ1) is 7.34. The Kier molecular flexibility index (Phi) is 4.33. The van der Waals surface area contributed by atoms with Gasteiger partial charge in [0.1, 0.15) is 0 Å². The van der Waals surface area contributed by atoms with Crippen LogP contribution in [0.3, 0.4) is 0 Å². The number of likely N-dealkylation sites (tertiary alicyclic amines) is 1. The van der Waals surface area contributed by atoms with Crippen molar-refractivity contribution >= 4 is 5.91 Å². The van der Waals surface area contributed by atoms with Gasteiger partial charge in [-0.3, -0.25) is 4.79 Å². The Labute approximate surface area is 98.1 Å². The van der Waals surface area contributed by atoms with Crippen molar-refractivity contribution in [3.63, 3.8) is 0 Å². The van der Waals surface area contributed by atoms with Crippen molar-refractivity contribution in [1.29, 1.82) is 0 Å². The zero-order valence-electron chi connectivity index (χ0n) is 10.8. The van der Waals surface area contributed by atoms with Gasteiger partial charge < -0.3 is 15.4 Å². The van der Waals surface area contributed by atoms with Gasteiger partial charge in [-0.25, -0.2) is 0 Å². The molecule has 0 saturated carbocycles. The molecule has 0 bridgehead atoms. The van der Waals surface area contributed by atoms with E-state index in [1.54, 1.807) is 7.11 Å². The summed E-state index contributed by atoms with van der Waals surface area (Å²) in [5.74, 6) is 0.155. The van der Waals surface area contributed by atoms with Gasteiger partial charge in [-0.15, -0.1) is 0 Å². The summed E-state index contributed by atoms with van der Waals surface area (Å²) in [6.45, 7) is 7.70. The predicted molar refractivity (Wildman–Crippen MR) is 64.0 cm³/mol. The molecule has 0 aliphatic carbocycles. The van der Waals surface area contributed by atoms with E-state index in [1.165, 1.54) is 0 Å². The van der Waals surface area contributed by atoms with Crippen LogP contribution >= 0.6 is 0 Å². The van der Waals surface area contributed by atoms with E-state index in [4.69, 9.17) is 10.5 Å². The fourth-order valence-electron chi connectivity index (χ4n) is 1.77. The normalized spacial score (nSPS) is 23.6. The summed E-state index contributed by atoms with van der Waals surface area (Å²) in [6, 6.07) is -0.0819. The summed E-state index contributed by atoms with van der Waals surface area (Å²) >= 11 is 0. The molecule has 1 rings (SSSR count). The summed E-state index contributed by atoms with van der Waals surface area (Å²) < 4.78 is 5.24. The SMILES string of the molecule is COC1CCN(C(=O)CC(N)C(C)(C)C)C1. The maximum atomic E-state index is 12.0. The smallest absolute Gasteiger partial charge is 0.224 e. The molecule has 0 aromatic rings. The van der Waals surface area contributed by atoms with Gasteiger partial charge in [0, 0.05) is 32.7 Å². The molecule has 2 N–H and O–H groups in total. The van der Waals surface area contributed by atoms with Crippen molar-refractivity contribution in [1.82, 2.24) is 4.90 Å². The first-order valence-electron chi connectivity index (χ1n) is 5.90. The summed E-state index contributed by atoms with van der Waals surface area (Å²) in [6.07, 6.45) is 1.57. The zero-order valence-corrected chi connectivity index (χ0v) is 10.8. The third kappa shape index (κ3) is 3.46. The minimum Gasteiger partial charge on any atom is -0.380 e. The van der Waals surface area contributed by atoms with Gasteiger partial charge in [0.15, 0.2) is 0 Å². The van der Waals surface area contributed by atoms with Crippen LogP contribution < -0.4 is 5.73 Å². The van der Waals surface area contributed by atoms with Crippen molar-refractivity contribution in [2.45, 2.75) is 45.8 Å². The molecule has 0 radical (unpaired) electrons. The Morgan fingerprint density at radius 2 is 2.19 bits per heavy atom. The lowest BCUT2D eigenvalue weighted by Gasteiger charge is -2.28.